The summed E-state index contributed by atoms with van der Waals surface area (Å²) in [6.45, 7) is 0.287. The van der Waals surface area contributed by atoms with Crippen LogP contribution in [0.5, 0.6) is 0 Å². The number of aromatic nitrogens is 3. The van der Waals surface area contributed by atoms with Gasteiger partial charge in [0.1, 0.15) is 23.8 Å². The first-order valence-electron chi connectivity index (χ1n) is 11.6. The number of carbonyl (C=O) groups excluding carboxylic acids is 2. The third kappa shape index (κ3) is 4.61. The molecule has 3 aromatic carbocycles. The zero-order chi connectivity index (χ0) is 25.5. The highest BCUT2D eigenvalue weighted by Crippen LogP contribution is 2.33. The van der Waals surface area contributed by atoms with E-state index in [9.17, 15) is 14.0 Å². The molecule has 4 aromatic rings. The summed E-state index contributed by atoms with van der Waals surface area (Å²) in [6.07, 6.45) is 1.28. The number of hydrogen-bond acceptors (Lipinski definition) is 5. The Bertz CT molecular complexity index is 1650. The summed E-state index contributed by atoms with van der Waals surface area (Å²) in [7, 11) is 0. The Morgan fingerprint density at radius 1 is 1.00 bits per heavy atom. The predicted octanol–water partition coefficient (Wildman–Crippen LogP) is 2.88. The van der Waals surface area contributed by atoms with Crippen LogP contribution in [0.25, 0.3) is 23.0 Å². The fourth-order valence-electron chi connectivity index (χ4n) is 4.41. The Kier molecular flexibility index (Phi) is 5.97. The van der Waals surface area contributed by atoms with Crippen molar-refractivity contribution >= 4 is 33.8 Å². The number of halogens is 2. The second kappa shape index (κ2) is 9.45. The Labute approximate surface area is 218 Å². The molecule has 1 atom stereocenters. The molecule has 184 valence electrons. The Balaban J connectivity index is 1.34. The van der Waals surface area contributed by atoms with Crippen LogP contribution in [0.2, 0.25) is 0 Å². The van der Waals surface area contributed by atoms with Crippen molar-refractivity contribution in [2.45, 2.75) is 12.6 Å². The maximum Gasteiger partial charge on any atom is 0.270 e. The van der Waals surface area contributed by atoms with Gasteiger partial charge in [-0.15, -0.1) is 10.2 Å². The molecule has 3 heterocycles. The first-order chi connectivity index (χ1) is 17.9. The van der Waals surface area contributed by atoms with E-state index in [-0.39, 0.29) is 24.2 Å². The molecule has 0 spiro atoms. The van der Waals surface area contributed by atoms with Crippen LogP contribution in [0.3, 0.4) is 0 Å². The van der Waals surface area contributed by atoms with Crippen LogP contribution in [0.1, 0.15) is 17.5 Å². The van der Waals surface area contributed by atoms with E-state index in [1.807, 2.05) is 42.5 Å². The molecule has 0 saturated carbocycles. The first-order valence-corrected chi connectivity index (χ1v) is 12.4. The lowest BCUT2D eigenvalue weighted by molar-refractivity contribution is -0.128. The number of amides is 2. The second-order valence-corrected chi connectivity index (χ2v) is 9.61. The smallest absolute Gasteiger partial charge is 0.270 e. The molecule has 37 heavy (non-hydrogen) atoms. The Morgan fingerprint density at radius 2 is 1.78 bits per heavy atom. The lowest BCUT2D eigenvalue weighted by atomic mass is 10.1. The van der Waals surface area contributed by atoms with Gasteiger partial charge < -0.3 is 9.64 Å². The summed E-state index contributed by atoms with van der Waals surface area (Å²) in [6, 6.07) is 19.1. The zero-order valence-electron chi connectivity index (χ0n) is 19.3. The largest absolute Gasteiger partial charge is 0.342 e. The number of benzene rings is 3. The van der Waals surface area contributed by atoms with Crippen molar-refractivity contribution in [2.75, 3.05) is 13.2 Å². The second-order valence-electron chi connectivity index (χ2n) is 8.69. The van der Waals surface area contributed by atoms with Crippen molar-refractivity contribution in [3.63, 3.8) is 0 Å². The van der Waals surface area contributed by atoms with Gasteiger partial charge >= 0.3 is 0 Å². The first kappa shape index (κ1) is 23.4. The average molecular weight is 560 g/mol. The fraction of sp³-hybridized carbons (Fsp3) is 0.148. The fourth-order valence-corrected chi connectivity index (χ4v) is 4.67. The number of fused-ring (bicyclic) bond motifs is 1. The predicted molar refractivity (Wildman–Crippen MR) is 135 cm³/mol. The summed E-state index contributed by atoms with van der Waals surface area (Å²) < 4.78 is 20.5. The molecule has 0 radical (unpaired) electrons. The number of hydrogen-bond donors (Lipinski definition) is 0. The van der Waals surface area contributed by atoms with Gasteiger partial charge in [-0.05, 0) is 66.6 Å². The molecule has 1 aromatic heterocycles. The topological polar surface area (TPSA) is 89.7 Å². The Morgan fingerprint density at radius 3 is 2.57 bits per heavy atom. The lowest BCUT2D eigenvalue weighted by Crippen LogP contribution is -2.31. The third-order valence-corrected chi connectivity index (χ3v) is 6.79. The van der Waals surface area contributed by atoms with E-state index in [1.165, 1.54) is 23.0 Å². The van der Waals surface area contributed by atoms with Gasteiger partial charge in [-0.25, -0.2) is 9.38 Å². The van der Waals surface area contributed by atoms with E-state index in [1.54, 1.807) is 17.0 Å². The third-order valence-electron chi connectivity index (χ3n) is 6.26. The summed E-state index contributed by atoms with van der Waals surface area (Å²) in [5, 5.41) is 10.8. The maximum atomic E-state index is 13.6. The van der Waals surface area contributed by atoms with E-state index in [0.717, 1.165) is 20.9 Å². The van der Waals surface area contributed by atoms with E-state index in [0.29, 0.717) is 35.3 Å². The van der Waals surface area contributed by atoms with Crippen molar-refractivity contribution < 1.29 is 18.7 Å². The van der Waals surface area contributed by atoms with Crippen molar-refractivity contribution in [3.8, 4) is 16.9 Å². The Hall–Kier alpha value is -4.02. The summed E-state index contributed by atoms with van der Waals surface area (Å²) >= 11 is 3.43. The zero-order valence-corrected chi connectivity index (χ0v) is 20.9. The quantitative estimate of drug-likeness (QED) is 0.362. The van der Waals surface area contributed by atoms with Gasteiger partial charge in [0, 0.05) is 27.9 Å². The SMILES string of the molecule is O=C1C=c2ccc(CCN3C(=O)CO[C@@H]3c3nn(-c4ccc(Br)cc4)nc3-c3ccc(F)cc3)cc2=N1. The van der Waals surface area contributed by atoms with Gasteiger partial charge in [0.05, 0.1) is 11.0 Å². The van der Waals surface area contributed by atoms with Crippen LogP contribution >= 0.6 is 15.9 Å². The van der Waals surface area contributed by atoms with E-state index < -0.39 is 6.23 Å². The molecule has 1 fully saturated rings. The molecule has 6 rings (SSSR count). The molecule has 0 aliphatic carbocycles. The van der Waals surface area contributed by atoms with Crippen molar-refractivity contribution in [1.82, 2.24) is 19.9 Å². The molecule has 8 nitrogen and oxygen atoms in total. The van der Waals surface area contributed by atoms with Crippen molar-refractivity contribution in [3.05, 3.63) is 98.9 Å². The van der Waals surface area contributed by atoms with E-state index >= 15 is 0 Å². The molecule has 2 amide bonds. The van der Waals surface area contributed by atoms with Gasteiger partial charge in [-0.3, -0.25) is 9.59 Å². The van der Waals surface area contributed by atoms with Gasteiger partial charge in [-0.2, -0.15) is 4.80 Å². The lowest BCUT2D eigenvalue weighted by Gasteiger charge is -2.22. The summed E-state index contributed by atoms with van der Waals surface area (Å²) in [4.78, 5) is 31.5. The molecular formula is C27H19BrFN5O3. The molecule has 0 N–H and O–H groups in total. The molecular weight excluding hydrogens is 541 g/mol. The van der Waals surface area contributed by atoms with Gasteiger partial charge in [0.15, 0.2) is 6.23 Å². The van der Waals surface area contributed by atoms with E-state index in [2.05, 4.69) is 26.0 Å². The van der Waals surface area contributed by atoms with Crippen molar-refractivity contribution in [1.29, 1.82) is 0 Å². The highest BCUT2D eigenvalue weighted by atomic mass is 79.9. The molecule has 1 saturated heterocycles. The summed E-state index contributed by atoms with van der Waals surface area (Å²) in [5.41, 5.74) is 3.29. The van der Waals surface area contributed by atoms with Gasteiger partial charge in [-0.1, -0.05) is 28.1 Å². The minimum Gasteiger partial charge on any atom is -0.342 e. The number of ether oxygens (including phenoxy) is 1. The van der Waals surface area contributed by atoms with Gasteiger partial charge in [0.2, 0.25) is 0 Å². The standard InChI is InChI=1S/C27H19BrFN5O3/c28-19-5-9-21(10-6-19)34-31-25(17-3-7-20(29)8-4-17)26(32-34)27-33(24(36)15-37-27)12-11-16-1-2-18-14-23(35)30-22(18)13-16/h1-10,13-14,27H,11-12,15H2/t27-/m1/s1. The minimum absolute atomic E-state index is 0.0817. The highest BCUT2D eigenvalue weighted by Gasteiger charge is 2.37. The monoisotopic (exact) mass is 559 g/mol. The number of nitrogens with zero attached hydrogens (tertiary/aromatic N) is 5. The van der Waals surface area contributed by atoms with Crippen LogP contribution in [-0.4, -0.2) is 44.9 Å². The van der Waals surface area contributed by atoms with E-state index in [4.69, 9.17) is 9.84 Å². The molecule has 2 aliphatic rings. The van der Waals surface area contributed by atoms with Crippen LogP contribution < -0.4 is 10.6 Å². The highest BCUT2D eigenvalue weighted by molar-refractivity contribution is 9.10. The van der Waals surface area contributed by atoms with Gasteiger partial charge in [0.25, 0.3) is 11.8 Å². The average Bonchev–Trinajstić information content (AvgIpc) is 3.59. The number of carbonyl (C=O) groups is 2. The molecule has 2 aliphatic heterocycles. The van der Waals surface area contributed by atoms with Crippen LogP contribution in [0, 0.1) is 5.82 Å². The van der Waals surface area contributed by atoms with Crippen molar-refractivity contribution in [2.24, 2.45) is 4.99 Å². The molecule has 0 unspecified atom stereocenters. The maximum absolute atomic E-state index is 13.6. The van der Waals surface area contributed by atoms with Crippen LogP contribution in [-0.2, 0) is 20.7 Å². The summed E-state index contributed by atoms with van der Waals surface area (Å²) in [5.74, 6) is -0.792. The molecule has 0 bridgehead atoms. The van der Waals surface area contributed by atoms with Crippen LogP contribution in [0.15, 0.2) is 76.2 Å². The van der Waals surface area contributed by atoms with Crippen LogP contribution in [0.4, 0.5) is 4.39 Å². The minimum atomic E-state index is -0.759. The normalized spacial score (nSPS) is 16.6. The molecule has 10 heteroatoms. The number of rotatable bonds is 6.